The lowest BCUT2D eigenvalue weighted by atomic mass is 10.0. The molecule has 1 aromatic carbocycles. The second-order valence-corrected chi connectivity index (χ2v) is 5.10. The van der Waals surface area contributed by atoms with E-state index in [2.05, 4.69) is 14.7 Å². The highest BCUT2D eigenvalue weighted by atomic mass is 32.1. The van der Waals surface area contributed by atoms with E-state index in [4.69, 9.17) is 6.42 Å². The van der Waals surface area contributed by atoms with Crippen LogP contribution >= 0.6 is 11.7 Å². The van der Waals surface area contributed by atoms with Gasteiger partial charge in [0, 0.05) is 0 Å². The molecule has 2 heterocycles. The molecule has 0 saturated heterocycles. The maximum absolute atomic E-state index is 12.7. The minimum atomic E-state index is -0.361. The molecule has 0 unspecified atom stereocenters. The fraction of sp³-hybridized carbons (Fsp3) is 0.133. The van der Waals surface area contributed by atoms with Crippen LogP contribution < -0.4 is 5.56 Å². The predicted octanol–water partition coefficient (Wildman–Crippen LogP) is 2.17. The van der Waals surface area contributed by atoms with Gasteiger partial charge in [0.25, 0.3) is 5.56 Å². The van der Waals surface area contributed by atoms with Crippen molar-refractivity contribution >= 4 is 22.9 Å². The van der Waals surface area contributed by atoms with Crippen LogP contribution in [-0.2, 0) is 6.54 Å². The fourth-order valence-electron chi connectivity index (χ4n) is 2.30. The highest BCUT2D eigenvalue weighted by Gasteiger charge is 2.21. The number of fused-ring (bicyclic) bond motifs is 1. The van der Waals surface area contributed by atoms with E-state index >= 15 is 0 Å². The van der Waals surface area contributed by atoms with Crippen LogP contribution in [0.15, 0.2) is 29.1 Å². The first-order chi connectivity index (χ1) is 10.1. The van der Waals surface area contributed by atoms with Gasteiger partial charge in [-0.15, -0.1) is 6.42 Å². The van der Waals surface area contributed by atoms with Gasteiger partial charge in [0.1, 0.15) is 0 Å². The van der Waals surface area contributed by atoms with Gasteiger partial charge in [0.05, 0.1) is 23.8 Å². The van der Waals surface area contributed by atoms with Crippen molar-refractivity contribution < 1.29 is 5.11 Å². The van der Waals surface area contributed by atoms with Crippen molar-refractivity contribution in [1.29, 1.82) is 0 Å². The zero-order valence-electron chi connectivity index (χ0n) is 11.2. The summed E-state index contributed by atoms with van der Waals surface area (Å²) >= 11 is 0.936. The third-order valence-corrected chi connectivity index (χ3v) is 3.83. The molecular weight excluding hydrogens is 286 g/mol. The van der Waals surface area contributed by atoms with Gasteiger partial charge in [-0.1, -0.05) is 30.2 Å². The van der Waals surface area contributed by atoms with Crippen LogP contribution in [0, 0.1) is 19.3 Å². The van der Waals surface area contributed by atoms with Crippen molar-refractivity contribution in [2.24, 2.45) is 0 Å². The Morgan fingerprint density at radius 3 is 2.86 bits per heavy atom. The van der Waals surface area contributed by atoms with Crippen molar-refractivity contribution in [2.45, 2.75) is 13.5 Å². The Balaban J connectivity index is 2.47. The Kier molecular flexibility index (Phi) is 3.20. The van der Waals surface area contributed by atoms with E-state index in [1.54, 1.807) is 6.07 Å². The number of nitrogens with zero attached hydrogens (tertiary/aromatic N) is 3. The van der Waals surface area contributed by atoms with Crippen molar-refractivity contribution in [3.63, 3.8) is 0 Å². The average Bonchev–Trinajstić information content (AvgIpc) is 2.95. The molecule has 2 aromatic heterocycles. The molecule has 21 heavy (non-hydrogen) atoms. The summed E-state index contributed by atoms with van der Waals surface area (Å²) in [5.41, 5.74) is 2.02. The van der Waals surface area contributed by atoms with Gasteiger partial charge in [0.15, 0.2) is 16.9 Å². The van der Waals surface area contributed by atoms with E-state index in [0.717, 1.165) is 17.3 Å². The Morgan fingerprint density at radius 2 is 2.14 bits per heavy atom. The van der Waals surface area contributed by atoms with Crippen LogP contribution in [0.5, 0.6) is 5.75 Å². The number of rotatable bonds is 2. The third kappa shape index (κ3) is 1.99. The van der Waals surface area contributed by atoms with Crippen molar-refractivity contribution in [3.8, 4) is 29.2 Å². The maximum atomic E-state index is 12.7. The summed E-state index contributed by atoms with van der Waals surface area (Å²) in [5, 5.41) is 10.4. The summed E-state index contributed by atoms with van der Waals surface area (Å²) in [6.45, 7) is 1.96. The first-order valence-corrected chi connectivity index (χ1v) is 6.95. The molecule has 0 amide bonds. The summed E-state index contributed by atoms with van der Waals surface area (Å²) in [6.07, 6.45) is 5.33. The summed E-state index contributed by atoms with van der Waals surface area (Å²) in [4.78, 5) is 12.7. The molecule has 104 valence electrons. The minimum absolute atomic E-state index is 0.0832. The summed E-state index contributed by atoms with van der Waals surface area (Å²) in [7, 11) is 0. The first kappa shape index (κ1) is 13.3. The molecule has 0 aliphatic heterocycles. The van der Waals surface area contributed by atoms with E-state index in [0.29, 0.717) is 16.7 Å². The molecule has 3 rings (SSSR count). The van der Waals surface area contributed by atoms with Crippen LogP contribution in [0.25, 0.3) is 22.3 Å². The highest BCUT2D eigenvalue weighted by Crippen LogP contribution is 2.33. The minimum Gasteiger partial charge on any atom is -0.505 e. The number of pyridine rings is 1. The Hall–Kier alpha value is -2.65. The number of hydrogen-bond donors (Lipinski definition) is 1. The monoisotopic (exact) mass is 297 g/mol. The van der Waals surface area contributed by atoms with E-state index in [1.165, 1.54) is 4.57 Å². The van der Waals surface area contributed by atoms with E-state index in [-0.39, 0.29) is 23.4 Å². The zero-order chi connectivity index (χ0) is 15.0. The predicted molar refractivity (Wildman–Crippen MR) is 82.3 cm³/mol. The smallest absolute Gasteiger partial charge is 0.264 e. The van der Waals surface area contributed by atoms with Gasteiger partial charge in [-0.25, -0.2) is 0 Å². The molecule has 0 fully saturated rings. The number of benzene rings is 1. The number of aryl methyl sites for hydroxylation is 1. The molecule has 0 aliphatic rings. The molecule has 0 bridgehead atoms. The van der Waals surface area contributed by atoms with Crippen molar-refractivity contribution in [2.75, 3.05) is 0 Å². The lowest BCUT2D eigenvalue weighted by Gasteiger charge is -2.11. The van der Waals surface area contributed by atoms with Crippen LogP contribution in [0.1, 0.15) is 5.56 Å². The van der Waals surface area contributed by atoms with E-state index in [1.807, 2.05) is 25.1 Å². The third-order valence-electron chi connectivity index (χ3n) is 3.31. The lowest BCUT2D eigenvalue weighted by molar-refractivity contribution is 0.480. The van der Waals surface area contributed by atoms with Crippen LogP contribution in [-0.4, -0.2) is 18.4 Å². The molecule has 6 heteroatoms. The van der Waals surface area contributed by atoms with Crippen LogP contribution in [0.4, 0.5) is 0 Å². The Labute approximate surface area is 124 Å². The van der Waals surface area contributed by atoms with Gasteiger partial charge in [-0.3, -0.25) is 9.36 Å². The largest absolute Gasteiger partial charge is 0.505 e. The van der Waals surface area contributed by atoms with Crippen molar-refractivity contribution in [3.05, 3.63) is 40.2 Å². The van der Waals surface area contributed by atoms with Gasteiger partial charge in [-0.2, -0.15) is 8.75 Å². The zero-order valence-corrected chi connectivity index (χ0v) is 12.0. The van der Waals surface area contributed by atoms with Gasteiger partial charge in [-0.05, 0) is 18.1 Å². The SMILES string of the molecule is C#CCn1c(=O)c(-c2ccccc2C)c(O)c2nsnc21. The standard InChI is InChI=1S/C15H11N3O2S/c1-3-8-18-14-12(16-21-17-14)13(19)11(15(18)20)10-7-5-4-6-9(10)2/h1,4-7,19H,8H2,2H3. The molecule has 0 saturated carbocycles. The molecule has 0 spiro atoms. The molecular formula is C15H11N3O2S. The fourth-order valence-corrected chi connectivity index (χ4v) is 2.85. The molecule has 0 radical (unpaired) electrons. The summed E-state index contributed by atoms with van der Waals surface area (Å²) in [5.74, 6) is 2.29. The topological polar surface area (TPSA) is 68.0 Å². The van der Waals surface area contributed by atoms with Gasteiger partial charge < -0.3 is 5.11 Å². The highest BCUT2D eigenvalue weighted by molar-refractivity contribution is 7.00. The van der Waals surface area contributed by atoms with Gasteiger partial charge in [0.2, 0.25) is 0 Å². The lowest BCUT2D eigenvalue weighted by Crippen LogP contribution is -2.22. The van der Waals surface area contributed by atoms with Crippen LogP contribution in [0.2, 0.25) is 0 Å². The second kappa shape index (κ2) is 5.04. The van der Waals surface area contributed by atoms with E-state index < -0.39 is 0 Å². The molecule has 1 N–H and O–H groups in total. The molecule has 0 atom stereocenters. The Bertz CT molecular complexity index is 934. The number of aromatic hydroxyl groups is 1. The first-order valence-electron chi connectivity index (χ1n) is 6.22. The van der Waals surface area contributed by atoms with Gasteiger partial charge >= 0.3 is 0 Å². The molecule has 0 aliphatic carbocycles. The molecule has 3 aromatic rings. The summed E-state index contributed by atoms with van der Waals surface area (Å²) < 4.78 is 9.49. The van der Waals surface area contributed by atoms with E-state index in [9.17, 15) is 9.90 Å². The number of terminal acetylenes is 1. The average molecular weight is 297 g/mol. The molecule has 5 nitrogen and oxygen atoms in total. The normalized spacial score (nSPS) is 10.7. The van der Waals surface area contributed by atoms with Crippen LogP contribution in [0.3, 0.4) is 0 Å². The quantitative estimate of drug-likeness (QED) is 0.736. The Morgan fingerprint density at radius 1 is 1.38 bits per heavy atom. The summed E-state index contributed by atoms with van der Waals surface area (Å²) in [6, 6.07) is 7.36. The van der Waals surface area contributed by atoms with Crippen molar-refractivity contribution in [1.82, 2.24) is 13.3 Å². The number of hydrogen-bond acceptors (Lipinski definition) is 5. The second-order valence-electron chi connectivity index (χ2n) is 4.57. The number of aromatic nitrogens is 3. The maximum Gasteiger partial charge on any atom is 0.264 e.